The molecule has 0 aliphatic carbocycles. The van der Waals surface area contributed by atoms with Gasteiger partial charge in [0, 0.05) is 23.2 Å². The smallest absolute Gasteiger partial charge is 0.261 e. The molecule has 0 aliphatic rings. The van der Waals surface area contributed by atoms with E-state index in [1.165, 1.54) is 6.07 Å². The molecule has 0 radical (unpaired) electrons. The first-order valence-electron chi connectivity index (χ1n) is 6.64. The molecule has 2 atom stereocenters. The van der Waals surface area contributed by atoms with E-state index in [9.17, 15) is 9.18 Å². The summed E-state index contributed by atoms with van der Waals surface area (Å²) in [4.78, 5) is 11.9. The first-order chi connectivity index (χ1) is 9.10. The second-order valence-corrected chi connectivity index (χ2v) is 5.97. The maximum absolute atomic E-state index is 13.8. The fraction of sp³-hybridized carbons (Fsp3) is 0.533. The molecule has 112 valence electrons. The molecule has 0 spiro atoms. The minimum absolute atomic E-state index is 0.242. The minimum Gasteiger partial charge on any atom is -0.481 e. The molecule has 1 rings (SSSR count). The maximum Gasteiger partial charge on any atom is 0.261 e. The average molecular weight is 282 g/mol. The third kappa shape index (κ3) is 4.81. The van der Waals surface area contributed by atoms with Gasteiger partial charge >= 0.3 is 0 Å². The van der Waals surface area contributed by atoms with Crippen molar-refractivity contribution >= 4 is 5.91 Å². The van der Waals surface area contributed by atoms with Crippen molar-refractivity contribution in [1.29, 1.82) is 0 Å². The number of nitrogens with two attached hydrogens (primary N) is 1. The fourth-order valence-electron chi connectivity index (χ4n) is 1.68. The van der Waals surface area contributed by atoms with Crippen LogP contribution in [0, 0.1) is 5.82 Å². The number of nitrogens with one attached hydrogen (secondary N) is 1. The van der Waals surface area contributed by atoms with Crippen LogP contribution in [0.3, 0.4) is 0 Å². The van der Waals surface area contributed by atoms with Crippen LogP contribution >= 0.6 is 0 Å². The molecular formula is C15H23FN2O2. The van der Waals surface area contributed by atoms with Crippen molar-refractivity contribution in [2.45, 2.75) is 52.3 Å². The molecule has 0 heterocycles. The van der Waals surface area contributed by atoms with Gasteiger partial charge in [0.15, 0.2) is 6.10 Å². The number of hydrogen-bond donors (Lipinski definition) is 2. The summed E-state index contributed by atoms with van der Waals surface area (Å²) in [6.07, 6.45) is -0.699. The van der Waals surface area contributed by atoms with Gasteiger partial charge in [0.2, 0.25) is 0 Å². The number of hydrogen-bond acceptors (Lipinski definition) is 3. The molecule has 0 bridgehead atoms. The molecular weight excluding hydrogens is 259 g/mol. The molecule has 0 aromatic heterocycles. The lowest BCUT2D eigenvalue weighted by Gasteiger charge is -2.23. The number of ether oxygens (including phenoxy) is 1. The van der Waals surface area contributed by atoms with E-state index in [0.717, 1.165) is 0 Å². The maximum atomic E-state index is 13.8. The highest BCUT2D eigenvalue weighted by Gasteiger charge is 2.21. The Morgan fingerprint density at radius 3 is 2.40 bits per heavy atom. The summed E-state index contributed by atoms with van der Waals surface area (Å²) < 4.78 is 19.2. The minimum atomic E-state index is -0.699. The molecule has 3 N–H and O–H groups in total. The number of carbonyl (C=O) groups is 1. The lowest BCUT2D eigenvalue weighted by Crippen LogP contribution is -2.46. The van der Waals surface area contributed by atoms with Gasteiger partial charge in [-0.2, -0.15) is 0 Å². The molecule has 0 saturated carbocycles. The van der Waals surface area contributed by atoms with Crippen LogP contribution in [-0.2, 0) is 4.79 Å². The monoisotopic (exact) mass is 282 g/mol. The summed E-state index contributed by atoms with van der Waals surface area (Å²) in [5.74, 6) is -0.362. The SMILES string of the molecule is CC(Oc1ccc(C(C)N)c(F)c1)C(=O)NC(C)(C)C. The molecule has 4 nitrogen and oxygen atoms in total. The van der Waals surface area contributed by atoms with Crippen molar-refractivity contribution in [1.82, 2.24) is 5.32 Å². The number of benzene rings is 1. The van der Waals surface area contributed by atoms with Gasteiger partial charge in [0.1, 0.15) is 11.6 Å². The van der Waals surface area contributed by atoms with E-state index in [4.69, 9.17) is 10.5 Å². The van der Waals surface area contributed by atoms with Gasteiger partial charge in [-0.3, -0.25) is 4.79 Å². The van der Waals surface area contributed by atoms with Crippen molar-refractivity contribution < 1.29 is 13.9 Å². The zero-order valence-electron chi connectivity index (χ0n) is 12.7. The van der Waals surface area contributed by atoms with Crippen molar-refractivity contribution in [2.24, 2.45) is 5.73 Å². The molecule has 5 heteroatoms. The Morgan fingerprint density at radius 2 is 1.95 bits per heavy atom. The Morgan fingerprint density at radius 1 is 1.35 bits per heavy atom. The van der Waals surface area contributed by atoms with Crippen molar-refractivity contribution in [3.8, 4) is 5.75 Å². The predicted octanol–water partition coefficient (Wildman–Crippen LogP) is 2.53. The topological polar surface area (TPSA) is 64.3 Å². The highest BCUT2D eigenvalue weighted by Crippen LogP contribution is 2.21. The van der Waals surface area contributed by atoms with Crippen LogP contribution in [0.25, 0.3) is 0 Å². The lowest BCUT2D eigenvalue weighted by molar-refractivity contribution is -0.128. The number of rotatable bonds is 4. The molecule has 1 aromatic carbocycles. The Balaban J connectivity index is 2.74. The van der Waals surface area contributed by atoms with Gasteiger partial charge in [-0.25, -0.2) is 4.39 Å². The lowest BCUT2D eigenvalue weighted by atomic mass is 10.1. The predicted molar refractivity (Wildman–Crippen MR) is 77.0 cm³/mol. The van der Waals surface area contributed by atoms with E-state index < -0.39 is 11.9 Å². The van der Waals surface area contributed by atoms with Crippen LogP contribution in [-0.4, -0.2) is 17.6 Å². The summed E-state index contributed by atoms with van der Waals surface area (Å²) in [7, 11) is 0. The van der Waals surface area contributed by atoms with Crippen molar-refractivity contribution in [2.75, 3.05) is 0 Å². The molecule has 0 fully saturated rings. The third-order valence-electron chi connectivity index (χ3n) is 2.64. The highest BCUT2D eigenvalue weighted by atomic mass is 19.1. The van der Waals surface area contributed by atoms with E-state index in [1.807, 2.05) is 20.8 Å². The highest BCUT2D eigenvalue weighted by molar-refractivity contribution is 5.81. The van der Waals surface area contributed by atoms with Crippen molar-refractivity contribution in [3.05, 3.63) is 29.6 Å². The standard InChI is InChI=1S/C15H23FN2O2/c1-9(17)12-7-6-11(8-13(12)16)20-10(2)14(19)18-15(3,4)5/h6-10H,17H2,1-5H3,(H,18,19). The van der Waals surface area contributed by atoms with Gasteiger partial charge in [0.25, 0.3) is 5.91 Å². The summed E-state index contributed by atoms with van der Waals surface area (Å²) >= 11 is 0. The second-order valence-electron chi connectivity index (χ2n) is 5.97. The fourth-order valence-corrected chi connectivity index (χ4v) is 1.68. The average Bonchev–Trinajstić information content (AvgIpc) is 2.26. The third-order valence-corrected chi connectivity index (χ3v) is 2.64. The summed E-state index contributed by atoms with van der Waals surface area (Å²) in [5.41, 5.74) is 5.72. The van der Waals surface area contributed by atoms with E-state index in [0.29, 0.717) is 11.3 Å². The first kappa shape index (κ1) is 16.4. The zero-order chi connectivity index (χ0) is 15.5. The van der Waals surface area contributed by atoms with Gasteiger partial charge in [-0.1, -0.05) is 6.07 Å². The molecule has 1 aromatic rings. The Bertz CT molecular complexity index is 481. The number of amides is 1. The van der Waals surface area contributed by atoms with Crippen LogP contribution < -0.4 is 15.8 Å². The van der Waals surface area contributed by atoms with Gasteiger partial charge in [-0.05, 0) is 40.7 Å². The molecule has 0 saturated heterocycles. The number of halogens is 1. The Hall–Kier alpha value is -1.62. The van der Waals surface area contributed by atoms with Gasteiger partial charge in [0.05, 0.1) is 0 Å². The van der Waals surface area contributed by atoms with Crippen LogP contribution in [0.1, 0.15) is 46.2 Å². The second kappa shape index (κ2) is 6.22. The van der Waals surface area contributed by atoms with E-state index >= 15 is 0 Å². The normalized spacial score (nSPS) is 14.6. The summed E-state index contributed by atoms with van der Waals surface area (Å²) in [6.45, 7) is 8.98. The summed E-state index contributed by atoms with van der Waals surface area (Å²) in [6, 6.07) is 4.05. The van der Waals surface area contributed by atoms with E-state index in [1.54, 1.807) is 26.0 Å². The largest absolute Gasteiger partial charge is 0.481 e. The van der Waals surface area contributed by atoms with E-state index in [-0.39, 0.29) is 17.5 Å². The number of carbonyl (C=O) groups excluding carboxylic acids is 1. The van der Waals surface area contributed by atoms with E-state index in [2.05, 4.69) is 5.32 Å². The summed E-state index contributed by atoms with van der Waals surface area (Å²) in [5, 5.41) is 2.81. The zero-order valence-corrected chi connectivity index (χ0v) is 12.7. The van der Waals surface area contributed by atoms with Crippen LogP contribution in [0.2, 0.25) is 0 Å². The van der Waals surface area contributed by atoms with Gasteiger partial charge in [-0.15, -0.1) is 0 Å². The van der Waals surface area contributed by atoms with Crippen molar-refractivity contribution in [3.63, 3.8) is 0 Å². The van der Waals surface area contributed by atoms with Gasteiger partial charge < -0.3 is 15.8 Å². The van der Waals surface area contributed by atoms with Crippen LogP contribution in [0.4, 0.5) is 4.39 Å². The Labute approximate surface area is 119 Å². The Kier molecular flexibility index (Phi) is 5.11. The first-order valence-corrected chi connectivity index (χ1v) is 6.64. The molecule has 2 unspecified atom stereocenters. The van der Waals surface area contributed by atoms with Crippen LogP contribution in [0.15, 0.2) is 18.2 Å². The molecule has 20 heavy (non-hydrogen) atoms. The molecule has 1 amide bonds. The van der Waals surface area contributed by atoms with Crippen LogP contribution in [0.5, 0.6) is 5.75 Å². The molecule has 0 aliphatic heterocycles. The quantitative estimate of drug-likeness (QED) is 0.892.